The van der Waals surface area contributed by atoms with Crippen molar-refractivity contribution in [2.45, 2.75) is 44.3 Å². The van der Waals surface area contributed by atoms with Gasteiger partial charge in [0.25, 0.3) is 0 Å². The summed E-state index contributed by atoms with van der Waals surface area (Å²) in [4.78, 5) is 11.4. The Balaban J connectivity index is 2.54. The fourth-order valence-corrected chi connectivity index (χ4v) is 2.90. The van der Waals surface area contributed by atoms with Gasteiger partial charge in [-0.25, -0.2) is 0 Å². The van der Waals surface area contributed by atoms with Gasteiger partial charge in [-0.2, -0.15) is 0 Å². The highest BCUT2D eigenvalue weighted by Gasteiger charge is 2.40. The molecule has 84 valence electrons. The summed E-state index contributed by atoms with van der Waals surface area (Å²) in [7, 11) is 0. The van der Waals surface area contributed by atoms with Gasteiger partial charge < -0.3 is 5.11 Å². The van der Waals surface area contributed by atoms with Gasteiger partial charge in [0.2, 0.25) is 5.12 Å². The number of aliphatic hydroxyl groups excluding tert-OH is 1. The maximum atomic E-state index is 11.4. The lowest BCUT2D eigenvalue weighted by atomic mass is 9.98. The molecule has 0 fully saturated rings. The molecule has 0 aliphatic carbocycles. The van der Waals surface area contributed by atoms with E-state index in [0.717, 1.165) is 25.7 Å². The van der Waals surface area contributed by atoms with E-state index in [-0.39, 0.29) is 15.6 Å². The topological polar surface area (TPSA) is 37.3 Å². The number of carbonyl (C=O) groups is 1. The fourth-order valence-electron chi connectivity index (χ4n) is 1.74. The van der Waals surface area contributed by atoms with Crippen LogP contribution in [-0.2, 0) is 4.79 Å². The molecule has 2 nitrogen and oxygen atoms in total. The van der Waals surface area contributed by atoms with Crippen LogP contribution in [0.4, 0.5) is 0 Å². The van der Waals surface area contributed by atoms with Crippen LogP contribution in [0.25, 0.3) is 0 Å². The number of thioether (sulfide) groups is 1. The lowest BCUT2D eigenvalue weighted by molar-refractivity contribution is -0.107. The van der Waals surface area contributed by atoms with Crippen molar-refractivity contribution in [3.8, 4) is 0 Å². The highest BCUT2D eigenvalue weighted by molar-refractivity contribution is 8.15. The molecule has 15 heavy (non-hydrogen) atoms. The molecule has 3 heteroatoms. The van der Waals surface area contributed by atoms with Gasteiger partial charge in [0.05, 0.1) is 4.75 Å². The van der Waals surface area contributed by atoms with Crippen molar-refractivity contribution < 1.29 is 9.90 Å². The van der Waals surface area contributed by atoms with Crippen molar-refractivity contribution in [3.63, 3.8) is 0 Å². The molecule has 0 saturated carbocycles. The Morgan fingerprint density at radius 1 is 1.53 bits per heavy atom. The molecule has 0 aromatic rings. The molecule has 1 heterocycles. The average Bonchev–Trinajstić information content (AvgIpc) is 2.39. The Hall–Kier alpha value is -0.700. The average molecular weight is 226 g/mol. The van der Waals surface area contributed by atoms with E-state index in [1.165, 1.54) is 11.8 Å². The van der Waals surface area contributed by atoms with Crippen LogP contribution in [0, 0.1) is 0 Å². The number of aliphatic hydroxyl groups is 1. The van der Waals surface area contributed by atoms with E-state index in [9.17, 15) is 9.90 Å². The lowest BCUT2D eigenvalue weighted by Crippen LogP contribution is -2.20. The molecule has 1 unspecified atom stereocenters. The molecule has 1 aliphatic rings. The van der Waals surface area contributed by atoms with Crippen molar-refractivity contribution in [2.24, 2.45) is 0 Å². The SMILES string of the molecule is C=CCCCCC1(C)SC(=O)C(C)=C1O. The van der Waals surface area contributed by atoms with E-state index in [1.54, 1.807) is 6.92 Å². The summed E-state index contributed by atoms with van der Waals surface area (Å²) >= 11 is 1.25. The van der Waals surface area contributed by atoms with Gasteiger partial charge >= 0.3 is 0 Å². The van der Waals surface area contributed by atoms with Gasteiger partial charge in [0, 0.05) is 5.57 Å². The second-order valence-corrected chi connectivity index (χ2v) is 5.60. The molecule has 0 spiro atoms. The third-order valence-corrected chi connectivity index (χ3v) is 4.13. The number of allylic oxidation sites excluding steroid dienone is 1. The van der Waals surface area contributed by atoms with Crippen molar-refractivity contribution in [1.29, 1.82) is 0 Å². The van der Waals surface area contributed by atoms with Crippen molar-refractivity contribution in [1.82, 2.24) is 0 Å². The highest BCUT2D eigenvalue weighted by Crippen LogP contribution is 2.45. The van der Waals surface area contributed by atoms with E-state index >= 15 is 0 Å². The summed E-state index contributed by atoms with van der Waals surface area (Å²) in [6, 6.07) is 0. The molecule has 0 radical (unpaired) electrons. The molecule has 1 N–H and O–H groups in total. The third-order valence-electron chi connectivity index (χ3n) is 2.79. The largest absolute Gasteiger partial charge is 0.510 e. The number of hydrogen-bond acceptors (Lipinski definition) is 3. The van der Waals surface area contributed by atoms with Crippen LogP contribution in [0.2, 0.25) is 0 Å². The Morgan fingerprint density at radius 2 is 2.20 bits per heavy atom. The monoisotopic (exact) mass is 226 g/mol. The van der Waals surface area contributed by atoms with Crippen LogP contribution in [0.5, 0.6) is 0 Å². The van der Waals surface area contributed by atoms with Crippen LogP contribution in [-0.4, -0.2) is 15.0 Å². The standard InChI is InChI=1S/C12H18O2S/c1-4-5-6-7-8-12(3)10(13)9(2)11(14)15-12/h4,13H,1,5-8H2,2-3H3. The van der Waals surface area contributed by atoms with Crippen molar-refractivity contribution in [2.75, 3.05) is 0 Å². The summed E-state index contributed by atoms with van der Waals surface area (Å²) in [5.41, 5.74) is 0.520. The van der Waals surface area contributed by atoms with Crippen LogP contribution in [0.3, 0.4) is 0 Å². The molecule has 0 bridgehead atoms. The van der Waals surface area contributed by atoms with Crippen LogP contribution < -0.4 is 0 Å². The molecule has 0 aromatic heterocycles. The molecule has 1 atom stereocenters. The van der Waals surface area contributed by atoms with Gasteiger partial charge in [-0.3, -0.25) is 4.79 Å². The molecule has 1 aliphatic heterocycles. The summed E-state index contributed by atoms with van der Waals surface area (Å²) in [5, 5.41) is 9.87. The maximum absolute atomic E-state index is 11.4. The van der Waals surface area contributed by atoms with Gasteiger partial charge in [0.15, 0.2) is 0 Å². The van der Waals surface area contributed by atoms with Crippen LogP contribution in [0.1, 0.15) is 39.5 Å². The van der Waals surface area contributed by atoms with E-state index in [0.29, 0.717) is 5.57 Å². The Morgan fingerprint density at radius 3 is 2.67 bits per heavy atom. The molecular weight excluding hydrogens is 208 g/mol. The zero-order chi connectivity index (χ0) is 11.5. The van der Waals surface area contributed by atoms with E-state index in [2.05, 4.69) is 6.58 Å². The summed E-state index contributed by atoms with van der Waals surface area (Å²) < 4.78 is -0.387. The van der Waals surface area contributed by atoms with Gasteiger partial charge in [-0.1, -0.05) is 24.3 Å². The maximum Gasteiger partial charge on any atom is 0.219 e. The second kappa shape index (κ2) is 4.88. The zero-order valence-corrected chi connectivity index (χ0v) is 10.2. The Kier molecular flexibility index (Phi) is 4.03. The summed E-state index contributed by atoms with van der Waals surface area (Å²) in [5.74, 6) is 0.274. The minimum absolute atomic E-state index is 0.0127. The zero-order valence-electron chi connectivity index (χ0n) is 9.38. The third kappa shape index (κ3) is 2.65. The first-order valence-corrected chi connectivity index (χ1v) is 6.07. The Labute approximate surface area is 95.4 Å². The first-order chi connectivity index (χ1) is 7.01. The fraction of sp³-hybridized carbons (Fsp3) is 0.583. The van der Waals surface area contributed by atoms with E-state index in [1.807, 2.05) is 13.0 Å². The van der Waals surface area contributed by atoms with E-state index < -0.39 is 0 Å². The van der Waals surface area contributed by atoms with Crippen molar-refractivity contribution in [3.05, 3.63) is 24.0 Å². The predicted octanol–water partition coefficient (Wildman–Crippen LogP) is 3.60. The second-order valence-electron chi connectivity index (χ2n) is 4.13. The smallest absolute Gasteiger partial charge is 0.219 e. The minimum Gasteiger partial charge on any atom is -0.510 e. The minimum atomic E-state index is -0.387. The number of unbranched alkanes of at least 4 members (excludes halogenated alkanes) is 2. The normalized spacial score (nSPS) is 26.1. The predicted molar refractivity (Wildman–Crippen MR) is 65.0 cm³/mol. The highest BCUT2D eigenvalue weighted by atomic mass is 32.2. The molecule has 1 rings (SSSR count). The lowest BCUT2D eigenvalue weighted by Gasteiger charge is -2.22. The van der Waals surface area contributed by atoms with Crippen molar-refractivity contribution >= 4 is 16.9 Å². The quantitative estimate of drug-likeness (QED) is 0.575. The van der Waals surface area contributed by atoms with E-state index in [4.69, 9.17) is 0 Å². The summed E-state index contributed by atoms with van der Waals surface area (Å²) in [6.45, 7) is 7.30. The van der Waals surface area contributed by atoms with Crippen LogP contribution in [0.15, 0.2) is 24.0 Å². The first-order valence-electron chi connectivity index (χ1n) is 5.26. The molecular formula is C12H18O2S. The summed E-state index contributed by atoms with van der Waals surface area (Å²) in [6.07, 6.45) is 5.83. The molecule has 0 saturated heterocycles. The number of carbonyl (C=O) groups excluding carboxylic acids is 1. The first kappa shape index (κ1) is 12.4. The van der Waals surface area contributed by atoms with Gasteiger partial charge in [-0.15, -0.1) is 6.58 Å². The Bertz CT molecular complexity index is 307. The van der Waals surface area contributed by atoms with Gasteiger partial charge in [0.1, 0.15) is 5.76 Å². The van der Waals surface area contributed by atoms with Crippen LogP contribution >= 0.6 is 11.8 Å². The van der Waals surface area contributed by atoms with Gasteiger partial charge in [-0.05, 0) is 33.1 Å². The molecule has 0 aromatic carbocycles. The number of rotatable bonds is 5. The number of hydrogen-bond donors (Lipinski definition) is 1. The molecule has 0 amide bonds.